The molecule has 0 radical (unpaired) electrons. The second-order valence-corrected chi connectivity index (χ2v) is 6.47. The van der Waals surface area contributed by atoms with E-state index < -0.39 is 0 Å². The number of amides is 1. The molecule has 7 heteroatoms. The van der Waals surface area contributed by atoms with Crippen molar-refractivity contribution in [2.75, 3.05) is 11.9 Å². The molecule has 1 atom stereocenters. The minimum atomic E-state index is 0. The van der Waals surface area contributed by atoms with Crippen LogP contribution in [0, 0.1) is 0 Å². The van der Waals surface area contributed by atoms with E-state index in [4.69, 9.17) is 0 Å². The van der Waals surface area contributed by atoms with Crippen LogP contribution in [0.1, 0.15) is 24.8 Å². The lowest BCUT2D eigenvalue weighted by atomic mass is 10.1. The molecule has 2 heterocycles. The van der Waals surface area contributed by atoms with Crippen molar-refractivity contribution >= 4 is 40.2 Å². The van der Waals surface area contributed by atoms with Gasteiger partial charge in [-0.1, -0.05) is 28.1 Å². The van der Waals surface area contributed by atoms with Crippen LogP contribution in [0.15, 0.2) is 41.1 Å². The number of hydrogen-bond donors (Lipinski definition) is 2. The fourth-order valence-corrected chi connectivity index (χ4v) is 2.94. The fourth-order valence-electron chi connectivity index (χ4n) is 2.68. The molecule has 1 aliphatic rings. The molecule has 1 saturated heterocycles. The van der Waals surface area contributed by atoms with Crippen LogP contribution < -0.4 is 10.6 Å². The van der Waals surface area contributed by atoms with E-state index in [2.05, 4.69) is 43.7 Å². The van der Waals surface area contributed by atoms with Crippen LogP contribution in [-0.4, -0.2) is 28.0 Å². The lowest BCUT2D eigenvalue weighted by molar-refractivity contribution is -0.116. The van der Waals surface area contributed by atoms with Crippen LogP contribution in [0.5, 0.6) is 0 Å². The van der Waals surface area contributed by atoms with E-state index in [9.17, 15) is 4.79 Å². The summed E-state index contributed by atoms with van der Waals surface area (Å²) >= 11 is 3.43. The molecule has 1 aromatic carbocycles. The fraction of sp³-hybridized carbons (Fsp3) is 0.375. The molecule has 3 rings (SSSR count). The predicted molar refractivity (Wildman–Crippen MR) is 97.0 cm³/mol. The van der Waals surface area contributed by atoms with Gasteiger partial charge in [0.05, 0.1) is 6.54 Å². The Bertz CT molecular complexity index is 638. The first-order valence-electron chi connectivity index (χ1n) is 7.49. The van der Waals surface area contributed by atoms with Gasteiger partial charge in [0.2, 0.25) is 11.9 Å². The van der Waals surface area contributed by atoms with Crippen molar-refractivity contribution in [3.63, 3.8) is 0 Å². The van der Waals surface area contributed by atoms with Gasteiger partial charge in [-0.2, -0.15) is 0 Å². The monoisotopic (exact) mass is 398 g/mol. The normalized spacial score (nSPS) is 16.8. The number of halogens is 2. The molecule has 1 amide bonds. The van der Waals surface area contributed by atoms with Crippen LogP contribution in [0.3, 0.4) is 0 Å². The molecule has 0 spiro atoms. The third-order valence-corrected chi connectivity index (χ3v) is 4.36. The maximum Gasteiger partial charge on any atom is 0.228 e. The van der Waals surface area contributed by atoms with E-state index in [1.165, 1.54) is 0 Å². The summed E-state index contributed by atoms with van der Waals surface area (Å²) in [5, 5.41) is 6.25. The van der Waals surface area contributed by atoms with Gasteiger partial charge in [-0.15, -0.1) is 12.4 Å². The highest BCUT2D eigenvalue weighted by atomic mass is 79.9. The van der Waals surface area contributed by atoms with Gasteiger partial charge in [0, 0.05) is 29.3 Å². The molecule has 1 fully saturated rings. The highest BCUT2D eigenvalue weighted by Crippen LogP contribution is 2.15. The average Bonchev–Trinajstić information content (AvgIpc) is 3.14. The molecular formula is C16H20BrClN4O. The topological polar surface area (TPSA) is 59.0 Å². The maximum atomic E-state index is 12.1. The Morgan fingerprint density at radius 1 is 1.39 bits per heavy atom. The molecule has 2 aromatic rings. The summed E-state index contributed by atoms with van der Waals surface area (Å²) < 4.78 is 3.00. The summed E-state index contributed by atoms with van der Waals surface area (Å²) in [5.74, 6) is 0.619. The molecule has 0 aliphatic carbocycles. The standard InChI is InChI=1S/C16H19BrN4O.ClH/c17-13-5-3-12(4-6-13)11-21-9-8-19-16(21)20-15(22)10-14-2-1-7-18-14;/h3-6,8-9,14,18H,1-2,7,10-11H2,(H,19,20,22);1H. The SMILES string of the molecule is Cl.O=C(CC1CCCN1)Nc1nccn1Cc1ccc(Br)cc1. The number of imidazole rings is 1. The Labute approximate surface area is 150 Å². The first-order chi connectivity index (χ1) is 10.7. The number of benzene rings is 1. The van der Waals surface area contributed by atoms with Crippen molar-refractivity contribution in [3.05, 3.63) is 46.7 Å². The summed E-state index contributed by atoms with van der Waals surface area (Å²) in [6, 6.07) is 8.43. The molecule has 124 valence electrons. The van der Waals surface area contributed by atoms with Gasteiger partial charge in [0.25, 0.3) is 0 Å². The van der Waals surface area contributed by atoms with Gasteiger partial charge in [-0.25, -0.2) is 4.98 Å². The van der Waals surface area contributed by atoms with Crippen LogP contribution in [0.25, 0.3) is 0 Å². The number of anilines is 1. The smallest absolute Gasteiger partial charge is 0.228 e. The Hall–Kier alpha value is -1.37. The highest BCUT2D eigenvalue weighted by molar-refractivity contribution is 9.10. The first-order valence-corrected chi connectivity index (χ1v) is 8.29. The van der Waals surface area contributed by atoms with Crippen molar-refractivity contribution in [1.82, 2.24) is 14.9 Å². The number of carbonyl (C=O) groups excluding carboxylic acids is 1. The maximum absolute atomic E-state index is 12.1. The minimum Gasteiger partial charge on any atom is -0.313 e. The van der Waals surface area contributed by atoms with Gasteiger partial charge >= 0.3 is 0 Å². The molecule has 0 saturated carbocycles. The van der Waals surface area contributed by atoms with Crippen molar-refractivity contribution in [2.24, 2.45) is 0 Å². The number of aromatic nitrogens is 2. The predicted octanol–water partition coefficient (Wildman–Crippen LogP) is 3.20. The number of rotatable bonds is 5. The molecule has 2 N–H and O–H groups in total. The third kappa shape index (κ3) is 5.06. The van der Waals surface area contributed by atoms with Crippen molar-refractivity contribution in [3.8, 4) is 0 Å². The first kappa shape index (κ1) is 18.0. The van der Waals surface area contributed by atoms with E-state index in [-0.39, 0.29) is 18.3 Å². The Morgan fingerprint density at radius 3 is 2.87 bits per heavy atom. The van der Waals surface area contributed by atoms with Gasteiger partial charge in [-0.3, -0.25) is 10.1 Å². The molecule has 1 aliphatic heterocycles. The van der Waals surface area contributed by atoms with E-state index in [0.717, 1.165) is 29.4 Å². The zero-order valence-corrected chi connectivity index (χ0v) is 15.1. The highest BCUT2D eigenvalue weighted by Gasteiger charge is 2.18. The zero-order valence-electron chi connectivity index (χ0n) is 12.7. The Morgan fingerprint density at radius 2 is 2.17 bits per heavy atom. The van der Waals surface area contributed by atoms with Crippen molar-refractivity contribution in [1.29, 1.82) is 0 Å². The Balaban J connectivity index is 0.00000192. The van der Waals surface area contributed by atoms with E-state index >= 15 is 0 Å². The van der Waals surface area contributed by atoms with Gasteiger partial charge in [0.1, 0.15) is 0 Å². The van der Waals surface area contributed by atoms with Crippen molar-refractivity contribution in [2.45, 2.75) is 31.8 Å². The quantitative estimate of drug-likeness (QED) is 0.812. The van der Waals surface area contributed by atoms with Crippen LogP contribution >= 0.6 is 28.3 Å². The molecule has 1 aromatic heterocycles. The van der Waals surface area contributed by atoms with Crippen LogP contribution in [0.4, 0.5) is 5.95 Å². The third-order valence-electron chi connectivity index (χ3n) is 3.83. The summed E-state index contributed by atoms with van der Waals surface area (Å²) in [6.45, 7) is 1.70. The summed E-state index contributed by atoms with van der Waals surface area (Å²) in [4.78, 5) is 16.4. The van der Waals surface area contributed by atoms with Crippen LogP contribution in [0.2, 0.25) is 0 Å². The van der Waals surface area contributed by atoms with Crippen molar-refractivity contribution < 1.29 is 4.79 Å². The molecule has 1 unspecified atom stereocenters. The summed E-state index contributed by atoms with van der Waals surface area (Å²) in [6.07, 6.45) is 6.32. The number of nitrogens with one attached hydrogen (secondary N) is 2. The number of hydrogen-bond acceptors (Lipinski definition) is 3. The van der Waals surface area contributed by atoms with Crippen LogP contribution in [-0.2, 0) is 11.3 Å². The minimum absolute atomic E-state index is 0. The second-order valence-electron chi connectivity index (χ2n) is 5.55. The number of carbonyl (C=O) groups is 1. The lowest BCUT2D eigenvalue weighted by Gasteiger charge is -2.12. The van der Waals surface area contributed by atoms with E-state index in [0.29, 0.717) is 25.0 Å². The second kappa shape index (κ2) is 8.47. The number of nitrogens with zero attached hydrogens (tertiary/aromatic N) is 2. The van der Waals surface area contributed by atoms with E-state index in [1.807, 2.05) is 22.9 Å². The molecule has 5 nitrogen and oxygen atoms in total. The average molecular weight is 400 g/mol. The lowest BCUT2D eigenvalue weighted by Crippen LogP contribution is -2.28. The summed E-state index contributed by atoms with van der Waals surface area (Å²) in [5.41, 5.74) is 1.16. The molecular weight excluding hydrogens is 380 g/mol. The van der Waals surface area contributed by atoms with Gasteiger partial charge < -0.3 is 9.88 Å². The van der Waals surface area contributed by atoms with E-state index in [1.54, 1.807) is 6.20 Å². The molecule has 23 heavy (non-hydrogen) atoms. The van der Waals surface area contributed by atoms with Gasteiger partial charge in [-0.05, 0) is 37.1 Å². The zero-order chi connectivity index (χ0) is 15.4. The largest absolute Gasteiger partial charge is 0.313 e. The van der Waals surface area contributed by atoms with Gasteiger partial charge in [0.15, 0.2) is 0 Å². The summed E-state index contributed by atoms with van der Waals surface area (Å²) in [7, 11) is 0. The molecule has 0 bridgehead atoms. The Kier molecular flexibility index (Phi) is 6.62.